The molecule has 3 heterocycles. The first kappa shape index (κ1) is 43.4. The number of nitrogens with one attached hydrogen (secondary N) is 3. The van der Waals surface area contributed by atoms with Crippen molar-refractivity contribution in [2.45, 2.75) is 108 Å². The molecule has 0 radical (unpaired) electrons. The number of amides is 5. The predicted octanol–water partition coefficient (Wildman–Crippen LogP) is 6.75. The number of benzene rings is 3. The summed E-state index contributed by atoms with van der Waals surface area (Å²) in [6, 6.07) is 16.9. The number of hydrogen-bond donors (Lipinski definition) is 5. The van der Waals surface area contributed by atoms with E-state index in [1.165, 1.54) is 18.2 Å². The number of unbranched alkanes of at least 4 members (excludes halogenated alkanes) is 5. The van der Waals surface area contributed by atoms with E-state index in [0.717, 1.165) is 76.7 Å². The number of nitrogens with zero attached hydrogens (tertiary/aromatic N) is 2. The molecule has 2 aliphatic heterocycles. The molecule has 1 saturated heterocycles. The molecule has 3 aromatic carbocycles. The van der Waals surface area contributed by atoms with Gasteiger partial charge < -0.3 is 30.8 Å². The average Bonchev–Trinajstić information content (AvgIpc) is 3.73. The Balaban J connectivity index is 0.823. The van der Waals surface area contributed by atoms with E-state index in [1.54, 1.807) is 0 Å². The molecule has 1 aromatic heterocycles. The largest absolute Gasteiger partial charge is 0.483 e. The fourth-order valence-corrected chi connectivity index (χ4v) is 8.60. The standard InChI is InChI=1S/C45H50F2N6O7S/c46-45(47)20-18-30(19-21-45)52-25-33(27-9-7-10-28(23-27)41(48)61)31-15-14-29(24-35(31)52)50-37(54)13-5-3-1-2-4-6-22-49-39(56)26-60-36-12-8-11-32-40(36)44(59)53(43(32)58)34-16-17-38(55)51-42(34)57/h7-12,14-15,23-25,30,34,37,50,54H,1-6,13,16-22,26H2,(H2,48,61)(H,49,56)(H,51,55,57). The van der Waals surface area contributed by atoms with Gasteiger partial charge in [-0.05, 0) is 74.4 Å². The van der Waals surface area contributed by atoms with Gasteiger partial charge in [0.15, 0.2) is 6.61 Å². The molecule has 6 N–H and O–H groups in total. The Morgan fingerprint density at radius 3 is 2.43 bits per heavy atom. The van der Waals surface area contributed by atoms with Crippen LogP contribution in [0.4, 0.5) is 14.5 Å². The molecule has 1 saturated carbocycles. The van der Waals surface area contributed by atoms with Gasteiger partial charge in [-0.2, -0.15) is 0 Å². The second kappa shape index (κ2) is 18.9. The Hall–Kier alpha value is -5.74. The third-order valence-electron chi connectivity index (χ3n) is 11.7. The maximum absolute atomic E-state index is 14.1. The molecule has 0 spiro atoms. The molecule has 0 bridgehead atoms. The Morgan fingerprint density at radius 1 is 0.934 bits per heavy atom. The number of nitrogens with two attached hydrogens (primary N) is 1. The van der Waals surface area contributed by atoms with Gasteiger partial charge in [0.1, 0.15) is 23.0 Å². The van der Waals surface area contributed by atoms with Crippen LogP contribution in [0.15, 0.2) is 66.9 Å². The van der Waals surface area contributed by atoms with Crippen molar-refractivity contribution in [3.05, 3.63) is 83.6 Å². The van der Waals surface area contributed by atoms with Gasteiger partial charge in [-0.15, -0.1) is 0 Å². The number of thiocarbonyl (C=S) groups is 1. The van der Waals surface area contributed by atoms with E-state index in [4.69, 9.17) is 22.7 Å². The van der Waals surface area contributed by atoms with E-state index in [-0.39, 0.29) is 61.1 Å². The summed E-state index contributed by atoms with van der Waals surface area (Å²) in [6.45, 7) is 0.0740. The minimum atomic E-state index is -2.64. The zero-order valence-corrected chi connectivity index (χ0v) is 34.5. The first-order chi connectivity index (χ1) is 29.3. The normalized spacial score (nSPS) is 18.2. The van der Waals surface area contributed by atoms with E-state index in [2.05, 4.69) is 20.5 Å². The summed E-state index contributed by atoms with van der Waals surface area (Å²) in [5.41, 5.74) is 10.3. The molecule has 61 heavy (non-hydrogen) atoms. The molecule has 4 aromatic rings. The Kier molecular flexibility index (Phi) is 13.4. The van der Waals surface area contributed by atoms with Crippen LogP contribution in [0, 0.1) is 0 Å². The number of rotatable bonds is 18. The van der Waals surface area contributed by atoms with Crippen molar-refractivity contribution in [3.63, 3.8) is 0 Å². The third-order valence-corrected chi connectivity index (χ3v) is 12.0. The molecule has 3 aliphatic rings. The topological polar surface area (TPSA) is 185 Å². The van der Waals surface area contributed by atoms with Crippen molar-refractivity contribution in [3.8, 4) is 16.9 Å². The van der Waals surface area contributed by atoms with Gasteiger partial charge in [0.05, 0.1) is 16.6 Å². The van der Waals surface area contributed by atoms with Gasteiger partial charge in [-0.3, -0.25) is 34.2 Å². The zero-order chi connectivity index (χ0) is 43.3. The van der Waals surface area contributed by atoms with Crippen LogP contribution in [0.5, 0.6) is 5.75 Å². The first-order valence-electron chi connectivity index (χ1n) is 20.9. The lowest BCUT2D eigenvalue weighted by molar-refractivity contribution is -0.136. The smallest absolute Gasteiger partial charge is 0.266 e. The second-order valence-corrected chi connectivity index (χ2v) is 16.5. The van der Waals surface area contributed by atoms with E-state index in [9.17, 15) is 37.9 Å². The van der Waals surface area contributed by atoms with Gasteiger partial charge in [0.2, 0.25) is 17.7 Å². The van der Waals surface area contributed by atoms with E-state index in [0.29, 0.717) is 30.8 Å². The van der Waals surface area contributed by atoms with Crippen LogP contribution in [-0.2, 0) is 14.4 Å². The highest BCUT2D eigenvalue weighted by atomic mass is 32.1. The van der Waals surface area contributed by atoms with Crippen LogP contribution in [0.25, 0.3) is 22.0 Å². The highest BCUT2D eigenvalue weighted by molar-refractivity contribution is 7.80. The molecule has 2 unspecified atom stereocenters. The number of imide groups is 2. The Morgan fingerprint density at radius 2 is 1.67 bits per heavy atom. The lowest BCUT2D eigenvalue weighted by Crippen LogP contribution is -2.54. The van der Waals surface area contributed by atoms with Crippen molar-refractivity contribution in [2.24, 2.45) is 5.73 Å². The van der Waals surface area contributed by atoms with Crippen LogP contribution in [0.3, 0.4) is 0 Å². The number of aliphatic hydroxyl groups excluding tert-OH is 1. The molecule has 16 heteroatoms. The summed E-state index contributed by atoms with van der Waals surface area (Å²) in [7, 11) is 0. The summed E-state index contributed by atoms with van der Waals surface area (Å²) in [5, 5.41) is 20.0. The number of aromatic nitrogens is 1. The van der Waals surface area contributed by atoms with Gasteiger partial charge in [0, 0.05) is 60.2 Å². The monoisotopic (exact) mass is 856 g/mol. The lowest BCUT2D eigenvalue weighted by atomic mass is 9.92. The summed E-state index contributed by atoms with van der Waals surface area (Å²) < 4.78 is 36.0. The second-order valence-electron chi connectivity index (χ2n) is 16.0. The SMILES string of the molecule is NC(=S)c1cccc(-c2cn(C3CCC(F)(F)CC3)c3cc(NC(O)CCCCCCCCNC(=O)COc4cccc5c4C(=O)N(C4CCC(=O)NC4=O)C5=O)ccc23)c1. The minimum Gasteiger partial charge on any atom is -0.483 e. The molecular formula is C45H50F2N6O7S. The Labute approximate surface area is 357 Å². The highest BCUT2D eigenvalue weighted by Crippen LogP contribution is 2.42. The number of piperidine rings is 1. The van der Waals surface area contributed by atoms with Crippen molar-refractivity contribution in [1.29, 1.82) is 0 Å². The fourth-order valence-electron chi connectivity index (χ4n) is 8.48. The van der Waals surface area contributed by atoms with Crippen LogP contribution >= 0.6 is 12.2 Å². The Bertz CT molecular complexity index is 2340. The maximum Gasteiger partial charge on any atom is 0.266 e. The van der Waals surface area contributed by atoms with E-state index < -0.39 is 41.8 Å². The zero-order valence-electron chi connectivity index (χ0n) is 33.7. The van der Waals surface area contributed by atoms with Crippen LogP contribution in [0.2, 0.25) is 0 Å². The minimum absolute atomic E-state index is 0.00965. The van der Waals surface area contributed by atoms with Crippen molar-refractivity contribution >= 4 is 63.3 Å². The number of halogens is 2. The number of aliphatic hydroxyl groups is 1. The summed E-state index contributed by atoms with van der Waals surface area (Å²) in [4.78, 5) is 63.9. The highest BCUT2D eigenvalue weighted by Gasteiger charge is 2.46. The van der Waals surface area contributed by atoms with Crippen LogP contribution < -0.4 is 26.4 Å². The molecular weight excluding hydrogens is 807 g/mol. The number of anilines is 1. The van der Waals surface area contributed by atoms with Crippen LogP contribution in [-0.4, -0.2) is 80.4 Å². The van der Waals surface area contributed by atoms with Crippen LogP contribution in [0.1, 0.15) is 116 Å². The third kappa shape index (κ3) is 10.1. The number of alkyl halides is 2. The maximum atomic E-state index is 14.1. The molecule has 5 amide bonds. The van der Waals surface area contributed by atoms with Gasteiger partial charge >= 0.3 is 0 Å². The summed E-state index contributed by atoms with van der Waals surface area (Å²) >= 11 is 5.21. The number of fused-ring (bicyclic) bond motifs is 2. The van der Waals surface area contributed by atoms with Crippen molar-refractivity contribution < 1.29 is 42.6 Å². The summed E-state index contributed by atoms with van der Waals surface area (Å²) in [5.74, 6) is -5.49. The van der Waals surface area contributed by atoms with Gasteiger partial charge in [-0.1, -0.05) is 68.2 Å². The van der Waals surface area contributed by atoms with Crippen molar-refractivity contribution in [2.75, 3.05) is 18.5 Å². The average molecular weight is 857 g/mol. The number of hydrogen-bond acceptors (Lipinski definition) is 9. The molecule has 7 rings (SSSR count). The number of carbonyl (C=O) groups excluding carboxylic acids is 5. The molecule has 1 aliphatic carbocycles. The molecule has 2 atom stereocenters. The van der Waals surface area contributed by atoms with E-state index >= 15 is 0 Å². The molecule has 2 fully saturated rings. The number of ether oxygens (including phenoxy) is 1. The summed E-state index contributed by atoms with van der Waals surface area (Å²) in [6.07, 6.45) is 7.58. The lowest BCUT2D eigenvalue weighted by Gasteiger charge is -2.30. The quantitative estimate of drug-likeness (QED) is 0.0311. The number of carbonyl (C=O) groups is 5. The van der Waals surface area contributed by atoms with Gasteiger partial charge in [0.25, 0.3) is 17.7 Å². The van der Waals surface area contributed by atoms with Gasteiger partial charge in [-0.25, -0.2) is 8.78 Å². The first-order valence-corrected chi connectivity index (χ1v) is 21.3. The predicted molar refractivity (Wildman–Crippen MR) is 229 cm³/mol. The molecule has 13 nitrogen and oxygen atoms in total. The van der Waals surface area contributed by atoms with Crippen molar-refractivity contribution in [1.82, 2.24) is 20.1 Å². The fraction of sp³-hybridized carbons (Fsp3) is 0.422. The van der Waals surface area contributed by atoms with E-state index in [1.807, 2.05) is 48.7 Å². The molecule has 322 valence electrons.